The minimum absolute atomic E-state index is 0.684. The number of anilines is 1. The first kappa shape index (κ1) is 13.3. The van der Waals surface area contributed by atoms with Gasteiger partial charge in [0.1, 0.15) is 0 Å². The molecular weight excluding hydrogens is 252 g/mol. The van der Waals surface area contributed by atoms with Crippen LogP contribution >= 0.6 is 11.8 Å². The summed E-state index contributed by atoms with van der Waals surface area (Å²) in [6.45, 7) is 3.67. The monoisotopic (exact) mass is 276 g/mol. The fraction of sp³-hybridized carbons (Fsp3) is 0.625. The number of hydrogen-bond acceptors (Lipinski definition) is 3. The molecule has 3 heteroatoms. The summed E-state index contributed by atoms with van der Waals surface area (Å²) < 4.78 is 0. The third-order valence-electron chi connectivity index (χ3n) is 4.12. The second kappa shape index (κ2) is 6.67. The van der Waals surface area contributed by atoms with Crippen LogP contribution in [0.2, 0.25) is 0 Å². The van der Waals surface area contributed by atoms with Crippen molar-refractivity contribution in [3.05, 3.63) is 29.8 Å². The quantitative estimate of drug-likeness (QED) is 0.905. The van der Waals surface area contributed by atoms with Crippen LogP contribution in [0.1, 0.15) is 31.2 Å². The lowest BCUT2D eigenvalue weighted by Crippen LogP contribution is -2.24. The number of nitrogens with one attached hydrogen (secondary N) is 1. The Morgan fingerprint density at radius 3 is 2.74 bits per heavy atom. The smallest absolute Gasteiger partial charge is 0.0345 e. The SMILES string of the molecule is c1cc(CN2CCCC2)cc(NC2CCSCC2)c1. The second-order valence-electron chi connectivity index (χ2n) is 5.71. The molecule has 1 aromatic carbocycles. The van der Waals surface area contributed by atoms with Gasteiger partial charge >= 0.3 is 0 Å². The zero-order chi connectivity index (χ0) is 12.9. The third kappa shape index (κ3) is 3.90. The summed E-state index contributed by atoms with van der Waals surface area (Å²) in [5.41, 5.74) is 2.77. The van der Waals surface area contributed by atoms with Crippen molar-refractivity contribution in [2.75, 3.05) is 29.9 Å². The van der Waals surface area contributed by atoms with E-state index in [9.17, 15) is 0 Å². The fourth-order valence-corrected chi connectivity index (χ4v) is 4.14. The van der Waals surface area contributed by atoms with Crippen LogP contribution in [-0.4, -0.2) is 35.5 Å². The lowest BCUT2D eigenvalue weighted by atomic mass is 10.1. The van der Waals surface area contributed by atoms with Gasteiger partial charge in [0.2, 0.25) is 0 Å². The van der Waals surface area contributed by atoms with Gasteiger partial charge in [-0.05, 0) is 68.0 Å². The number of likely N-dealkylation sites (tertiary alicyclic amines) is 1. The number of nitrogens with zero attached hydrogens (tertiary/aromatic N) is 1. The van der Waals surface area contributed by atoms with Gasteiger partial charge in [-0.15, -0.1) is 0 Å². The van der Waals surface area contributed by atoms with Crippen molar-refractivity contribution in [2.45, 2.75) is 38.3 Å². The largest absolute Gasteiger partial charge is 0.382 e. The van der Waals surface area contributed by atoms with Crippen molar-refractivity contribution < 1.29 is 0 Å². The molecule has 0 aliphatic carbocycles. The molecule has 0 bridgehead atoms. The molecule has 0 atom stereocenters. The van der Waals surface area contributed by atoms with E-state index < -0.39 is 0 Å². The third-order valence-corrected chi connectivity index (χ3v) is 5.17. The first-order valence-corrected chi connectivity index (χ1v) is 8.71. The molecule has 2 saturated heterocycles. The van der Waals surface area contributed by atoms with E-state index in [1.165, 1.54) is 61.5 Å². The highest BCUT2D eigenvalue weighted by molar-refractivity contribution is 7.99. The highest BCUT2D eigenvalue weighted by Gasteiger charge is 2.14. The maximum absolute atomic E-state index is 3.71. The van der Waals surface area contributed by atoms with E-state index in [-0.39, 0.29) is 0 Å². The molecule has 0 saturated carbocycles. The maximum atomic E-state index is 3.71. The van der Waals surface area contributed by atoms with Crippen LogP contribution in [0.4, 0.5) is 5.69 Å². The van der Waals surface area contributed by atoms with Crippen LogP contribution < -0.4 is 5.32 Å². The molecule has 2 heterocycles. The molecule has 2 nitrogen and oxygen atoms in total. The molecule has 2 aliphatic rings. The summed E-state index contributed by atoms with van der Waals surface area (Å²) in [6.07, 6.45) is 5.36. The Morgan fingerprint density at radius 2 is 1.95 bits per heavy atom. The lowest BCUT2D eigenvalue weighted by molar-refractivity contribution is 0.331. The summed E-state index contributed by atoms with van der Waals surface area (Å²) in [5.74, 6) is 2.62. The van der Waals surface area contributed by atoms with Gasteiger partial charge in [0, 0.05) is 18.3 Å². The van der Waals surface area contributed by atoms with Gasteiger partial charge in [-0.3, -0.25) is 4.90 Å². The van der Waals surface area contributed by atoms with Gasteiger partial charge < -0.3 is 5.32 Å². The Labute approximate surface area is 121 Å². The summed E-state index contributed by atoms with van der Waals surface area (Å²) in [7, 11) is 0. The zero-order valence-corrected chi connectivity index (χ0v) is 12.4. The van der Waals surface area contributed by atoms with E-state index in [2.05, 4.69) is 46.2 Å². The van der Waals surface area contributed by atoms with E-state index in [0.29, 0.717) is 6.04 Å². The Hall–Kier alpha value is -0.670. The molecule has 2 aliphatic heterocycles. The van der Waals surface area contributed by atoms with Crippen molar-refractivity contribution in [2.24, 2.45) is 0 Å². The van der Waals surface area contributed by atoms with Crippen LogP contribution in [0.3, 0.4) is 0 Å². The summed E-state index contributed by atoms with van der Waals surface area (Å²) >= 11 is 2.09. The van der Waals surface area contributed by atoms with E-state index in [1.807, 2.05) is 0 Å². The van der Waals surface area contributed by atoms with Crippen molar-refractivity contribution in [1.82, 2.24) is 4.90 Å². The molecule has 0 aromatic heterocycles. The molecular formula is C16H24N2S. The highest BCUT2D eigenvalue weighted by Crippen LogP contribution is 2.22. The molecule has 0 amide bonds. The predicted molar refractivity (Wildman–Crippen MR) is 84.9 cm³/mol. The fourth-order valence-electron chi connectivity index (χ4n) is 3.04. The summed E-state index contributed by atoms with van der Waals surface area (Å²) in [5, 5.41) is 3.71. The molecule has 0 radical (unpaired) electrons. The molecule has 1 aromatic rings. The average Bonchev–Trinajstić information content (AvgIpc) is 2.93. The topological polar surface area (TPSA) is 15.3 Å². The van der Waals surface area contributed by atoms with Gasteiger partial charge in [-0.1, -0.05) is 12.1 Å². The highest BCUT2D eigenvalue weighted by atomic mass is 32.2. The summed E-state index contributed by atoms with van der Waals surface area (Å²) in [4.78, 5) is 2.57. The van der Waals surface area contributed by atoms with E-state index in [4.69, 9.17) is 0 Å². The molecule has 19 heavy (non-hydrogen) atoms. The van der Waals surface area contributed by atoms with E-state index in [0.717, 1.165) is 6.54 Å². The Kier molecular flexibility index (Phi) is 4.67. The zero-order valence-electron chi connectivity index (χ0n) is 11.6. The molecule has 1 N–H and O–H groups in total. The average molecular weight is 276 g/mol. The Morgan fingerprint density at radius 1 is 1.16 bits per heavy atom. The molecule has 104 valence electrons. The maximum Gasteiger partial charge on any atom is 0.0345 e. The molecule has 2 fully saturated rings. The van der Waals surface area contributed by atoms with Gasteiger partial charge in [0.05, 0.1) is 0 Å². The van der Waals surface area contributed by atoms with E-state index >= 15 is 0 Å². The van der Waals surface area contributed by atoms with Crippen molar-refractivity contribution in [1.29, 1.82) is 0 Å². The van der Waals surface area contributed by atoms with Crippen LogP contribution in [0.5, 0.6) is 0 Å². The minimum Gasteiger partial charge on any atom is -0.382 e. The number of thioether (sulfide) groups is 1. The molecule has 0 spiro atoms. The normalized spacial score (nSPS) is 21.7. The van der Waals surface area contributed by atoms with Crippen LogP contribution in [0.15, 0.2) is 24.3 Å². The molecule has 3 rings (SSSR count). The van der Waals surface area contributed by atoms with Gasteiger partial charge in [-0.25, -0.2) is 0 Å². The number of rotatable bonds is 4. The van der Waals surface area contributed by atoms with Crippen LogP contribution in [0, 0.1) is 0 Å². The van der Waals surface area contributed by atoms with Gasteiger partial charge in [0.15, 0.2) is 0 Å². The Bertz CT molecular complexity index is 395. The first-order valence-electron chi connectivity index (χ1n) is 7.56. The predicted octanol–water partition coefficient (Wildman–Crippen LogP) is 3.59. The van der Waals surface area contributed by atoms with Crippen LogP contribution in [-0.2, 0) is 6.54 Å². The van der Waals surface area contributed by atoms with Crippen molar-refractivity contribution in [3.63, 3.8) is 0 Å². The molecule has 0 unspecified atom stereocenters. The van der Waals surface area contributed by atoms with Crippen LogP contribution in [0.25, 0.3) is 0 Å². The second-order valence-corrected chi connectivity index (χ2v) is 6.94. The first-order chi connectivity index (χ1) is 9.40. The Balaban J connectivity index is 1.58. The van der Waals surface area contributed by atoms with Gasteiger partial charge in [-0.2, -0.15) is 11.8 Å². The van der Waals surface area contributed by atoms with E-state index in [1.54, 1.807) is 0 Å². The number of hydrogen-bond donors (Lipinski definition) is 1. The minimum atomic E-state index is 0.684. The number of benzene rings is 1. The lowest BCUT2D eigenvalue weighted by Gasteiger charge is -2.24. The van der Waals surface area contributed by atoms with Crippen molar-refractivity contribution >= 4 is 17.4 Å². The van der Waals surface area contributed by atoms with Crippen molar-refractivity contribution in [3.8, 4) is 0 Å². The van der Waals surface area contributed by atoms with Gasteiger partial charge in [0.25, 0.3) is 0 Å². The summed E-state index contributed by atoms with van der Waals surface area (Å²) in [6, 6.07) is 9.71. The standard InChI is InChI=1S/C16H24N2S/c1-2-9-18(8-1)13-14-4-3-5-16(12-14)17-15-6-10-19-11-7-15/h3-5,12,15,17H,1-2,6-11,13H2.